The second kappa shape index (κ2) is 9.20. The van der Waals surface area contributed by atoms with Crippen molar-refractivity contribution >= 4 is 46.7 Å². The smallest absolute Gasteiger partial charge is 0.394 e. The van der Waals surface area contributed by atoms with Crippen LogP contribution in [0.15, 0.2) is 30.3 Å². The van der Waals surface area contributed by atoms with Gasteiger partial charge in [0.15, 0.2) is 0 Å². The summed E-state index contributed by atoms with van der Waals surface area (Å²) in [6, 6.07) is 9.04. The average Bonchev–Trinajstić information content (AvgIpc) is 2.70. The van der Waals surface area contributed by atoms with E-state index >= 15 is 0 Å². The zero-order chi connectivity index (χ0) is 21.7. The number of carbonyl (C=O) groups excluding carboxylic acids is 2. The van der Waals surface area contributed by atoms with Gasteiger partial charge in [-0.2, -0.15) is 0 Å². The molecule has 0 spiro atoms. The highest BCUT2D eigenvalue weighted by Gasteiger charge is 2.27. The van der Waals surface area contributed by atoms with Crippen LogP contribution in [0.4, 0.5) is 11.4 Å². The average molecular weight is 419 g/mol. The van der Waals surface area contributed by atoms with E-state index in [1.165, 1.54) is 0 Å². The highest BCUT2D eigenvalue weighted by molar-refractivity contribution is 6.43. The van der Waals surface area contributed by atoms with Crippen molar-refractivity contribution in [3.8, 4) is 11.1 Å². The summed E-state index contributed by atoms with van der Waals surface area (Å²) >= 11 is 6.42. The largest absolute Gasteiger partial charge is 0.474 e. The molecule has 29 heavy (non-hydrogen) atoms. The summed E-state index contributed by atoms with van der Waals surface area (Å²) in [6.45, 7) is 3.62. The Balaban J connectivity index is 2.89. The molecule has 0 bridgehead atoms. The highest BCUT2D eigenvalue weighted by atomic mass is 35.5. The summed E-state index contributed by atoms with van der Waals surface area (Å²) < 4.78 is 0. The summed E-state index contributed by atoms with van der Waals surface area (Å²) in [5.74, 6) is -6.03. The maximum absolute atomic E-state index is 11.8. The SMILES string of the molecule is CCc1c(NC(=O)C(=O)O)c(Cl)c(NC(=O)C(=O)O)c(CC)c1-c1ccccc1. The monoisotopic (exact) mass is 418 g/mol. The van der Waals surface area contributed by atoms with Gasteiger partial charge in [0.1, 0.15) is 0 Å². The molecule has 0 aromatic heterocycles. The molecular weight excluding hydrogens is 400 g/mol. The van der Waals surface area contributed by atoms with Gasteiger partial charge in [-0.15, -0.1) is 0 Å². The quantitative estimate of drug-likeness (QED) is 0.551. The molecule has 2 aromatic rings. The summed E-state index contributed by atoms with van der Waals surface area (Å²) in [5, 5.41) is 22.3. The number of carbonyl (C=O) groups is 4. The van der Waals surface area contributed by atoms with Crippen LogP contribution in [0.5, 0.6) is 0 Å². The lowest BCUT2D eigenvalue weighted by Crippen LogP contribution is -2.25. The Bertz CT molecular complexity index is 931. The number of benzene rings is 2. The number of carboxylic acids is 2. The van der Waals surface area contributed by atoms with Crippen molar-refractivity contribution in [1.82, 2.24) is 0 Å². The molecule has 0 radical (unpaired) electrons. The Kier molecular flexibility index (Phi) is 6.95. The van der Waals surface area contributed by atoms with E-state index < -0.39 is 23.8 Å². The fourth-order valence-corrected chi connectivity index (χ4v) is 3.40. The lowest BCUT2D eigenvalue weighted by atomic mass is 9.89. The van der Waals surface area contributed by atoms with Crippen LogP contribution in [0, 0.1) is 0 Å². The molecule has 2 amide bonds. The van der Waals surface area contributed by atoms with Gasteiger partial charge in [-0.25, -0.2) is 9.59 Å². The molecule has 0 aliphatic carbocycles. The van der Waals surface area contributed by atoms with Gasteiger partial charge in [0.2, 0.25) is 0 Å². The minimum atomic E-state index is -1.71. The fraction of sp³-hybridized carbons (Fsp3) is 0.200. The first-order valence-corrected chi connectivity index (χ1v) is 9.11. The predicted molar refractivity (Wildman–Crippen MR) is 108 cm³/mol. The molecule has 9 heteroatoms. The Morgan fingerprint density at radius 2 is 1.24 bits per heavy atom. The Morgan fingerprint density at radius 3 is 1.59 bits per heavy atom. The first kappa shape index (κ1) is 21.9. The van der Waals surface area contributed by atoms with E-state index in [2.05, 4.69) is 10.6 Å². The number of nitrogens with one attached hydrogen (secondary N) is 2. The molecule has 2 rings (SSSR count). The van der Waals surface area contributed by atoms with Crippen molar-refractivity contribution < 1.29 is 29.4 Å². The van der Waals surface area contributed by atoms with Crippen molar-refractivity contribution in [1.29, 1.82) is 0 Å². The molecule has 4 N–H and O–H groups in total. The van der Waals surface area contributed by atoms with Crippen LogP contribution in [0.1, 0.15) is 25.0 Å². The topological polar surface area (TPSA) is 133 Å². The van der Waals surface area contributed by atoms with E-state index in [-0.39, 0.29) is 16.4 Å². The number of hydrogen-bond acceptors (Lipinski definition) is 4. The fourth-order valence-electron chi connectivity index (χ4n) is 3.08. The van der Waals surface area contributed by atoms with Crippen molar-refractivity contribution in [3.63, 3.8) is 0 Å². The second-order valence-electron chi connectivity index (χ2n) is 5.99. The lowest BCUT2D eigenvalue weighted by molar-refractivity contribution is -0.147. The third kappa shape index (κ3) is 4.55. The van der Waals surface area contributed by atoms with Gasteiger partial charge in [0.05, 0.1) is 16.4 Å². The molecule has 0 fully saturated rings. The van der Waals surface area contributed by atoms with Gasteiger partial charge in [-0.3, -0.25) is 9.59 Å². The third-order valence-corrected chi connectivity index (χ3v) is 4.66. The summed E-state index contributed by atoms with van der Waals surface area (Å²) in [5.41, 5.74) is 2.55. The molecule has 2 aromatic carbocycles. The van der Waals surface area contributed by atoms with E-state index in [0.29, 0.717) is 29.5 Å². The molecule has 0 saturated heterocycles. The van der Waals surface area contributed by atoms with E-state index in [4.69, 9.17) is 21.8 Å². The van der Waals surface area contributed by atoms with Gasteiger partial charge < -0.3 is 20.8 Å². The van der Waals surface area contributed by atoms with Gasteiger partial charge >= 0.3 is 23.8 Å². The van der Waals surface area contributed by atoms with Crippen LogP contribution < -0.4 is 10.6 Å². The molecule has 0 heterocycles. The minimum absolute atomic E-state index is 0.0123. The van der Waals surface area contributed by atoms with E-state index in [1.54, 1.807) is 12.1 Å². The van der Waals surface area contributed by atoms with Gasteiger partial charge in [0, 0.05) is 0 Å². The van der Waals surface area contributed by atoms with E-state index in [9.17, 15) is 19.2 Å². The van der Waals surface area contributed by atoms with Crippen LogP contribution in [-0.2, 0) is 32.0 Å². The molecular formula is C20H19ClN2O6. The van der Waals surface area contributed by atoms with E-state index in [1.807, 2.05) is 32.0 Å². The Hall–Kier alpha value is -3.39. The standard InChI is InChI=1S/C20H19ClN2O6/c1-3-11-13(10-8-6-5-7-9-10)12(4-2)16(23-18(25)20(28)29)14(21)15(11)22-17(24)19(26)27/h5-9H,3-4H2,1-2H3,(H,22,24)(H,23,25)(H,26,27)(H,28,29). The van der Waals surface area contributed by atoms with E-state index in [0.717, 1.165) is 5.56 Å². The van der Waals surface area contributed by atoms with Gasteiger partial charge in [-0.1, -0.05) is 55.8 Å². The lowest BCUT2D eigenvalue weighted by Gasteiger charge is -2.23. The first-order valence-electron chi connectivity index (χ1n) is 8.73. The molecule has 8 nitrogen and oxygen atoms in total. The normalized spacial score (nSPS) is 10.3. The number of hydrogen-bond donors (Lipinski definition) is 4. The van der Waals surface area contributed by atoms with Crippen molar-refractivity contribution in [2.24, 2.45) is 0 Å². The Labute approximate surface area is 171 Å². The van der Waals surface area contributed by atoms with Gasteiger partial charge in [0.25, 0.3) is 0 Å². The summed E-state index contributed by atoms with van der Waals surface area (Å²) in [7, 11) is 0. The molecule has 0 aliphatic heterocycles. The molecule has 0 saturated carbocycles. The molecule has 0 aliphatic rings. The number of aliphatic carboxylic acids is 2. The maximum atomic E-state index is 11.8. The van der Waals surface area contributed by atoms with Crippen molar-refractivity contribution in [3.05, 3.63) is 46.5 Å². The third-order valence-electron chi connectivity index (χ3n) is 4.28. The van der Waals surface area contributed by atoms with Gasteiger partial charge in [-0.05, 0) is 35.1 Å². The van der Waals surface area contributed by atoms with Crippen LogP contribution in [0.2, 0.25) is 5.02 Å². The highest BCUT2D eigenvalue weighted by Crippen LogP contribution is 2.45. The number of amides is 2. The summed E-state index contributed by atoms with van der Waals surface area (Å²) in [4.78, 5) is 45.7. The van der Waals surface area contributed by atoms with Crippen molar-refractivity contribution in [2.45, 2.75) is 26.7 Å². The number of anilines is 2. The molecule has 152 valence electrons. The van der Waals surface area contributed by atoms with Crippen LogP contribution in [0.25, 0.3) is 11.1 Å². The molecule has 0 unspecified atom stereocenters. The second-order valence-corrected chi connectivity index (χ2v) is 6.37. The Morgan fingerprint density at radius 1 is 0.828 bits per heavy atom. The summed E-state index contributed by atoms with van der Waals surface area (Å²) in [6.07, 6.45) is 0.776. The number of halogens is 1. The molecule has 0 atom stereocenters. The minimum Gasteiger partial charge on any atom is -0.474 e. The van der Waals surface area contributed by atoms with Crippen LogP contribution >= 0.6 is 11.6 Å². The number of rotatable bonds is 5. The zero-order valence-electron chi connectivity index (χ0n) is 15.7. The predicted octanol–water partition coefficient (Wildman–Crippen LogP) is 3.18. The van der Waals surface area contributed by atoms with Crippen molar-refractivity contribution in [2.75, 3.05) is 10.6 Å². The van der Waals surface area contributed by atoms with Crippen LogP contribution in [-0.4, -0.2) is 34.0 Å². The zero-order valence-corrected chi connectivity index (χ0v) is 16.5. The first-order chi connectivity index (χ1) is 13.7. The number of carboxylic acid groups (broad SMARTS) is 2. The maximum Gasteiger partial charge on any atom is 0.394 e. The van der Waals surface area contributed by atoms with Crippen LogP contribution in [0.3, 0.4) is 0 Å².